The Morgan fingerprint density at radius 3 is 2.65 bits per heavy atom. The van der Waals surface area contributed by atoms with Gasteiger partial charge in [-0.25, -0.2) is 4.98 Å². The van der Waals surface area contributed by atoms with Crippen molar-refractivity contribution in [2.24, 2.45) is 0 Å². The van der Waals surface area contributed by atoms with E-state index >= 15 is 0 Å². The van der Waals surface area contributed by atoms with Crippen molar-refractivity contribution in [1.82, 2.24) is 4.98 Å². The van der Waals surface area contributed by atoms with Crippen LogP contribution in [0.1, 0.15) is 13.8 Å². The number of nitrogen functional groups attached to an aromatic ring is 1. The van der Waals surface area contributed by atoms with Crippen molar-refractivity contribution < 1.29 is 4.74 Å². The van der Waals surface area contributed by atoms with Gasteiger partial charge in [0, 0.05) is 13.1 Å². The highest BCUT2D eigenvalue weighted by atomic mass is 35.5. The Hall–Kier alpha value is -0.750. The molecule has 0 saturated carbocycles. The summed E-state index contributed by atoms with van der Waals surface area (Å²) in [6, 6.07) is 1.83. The van der Waals surface area contributed by atoms with Gasteiger partial charge in [0.2, 0.25) is 0 Å². The summed E-state index contributed by atoms with van der Waals surface area (Å²) >= 11 is 14.3. The minimum atomic E-state index is 0.146. The molecule has 1 aliphatic rings. The third-order valence-corrected chi connectivity index (χ3v) is 4.99. The third kappa shape index (κ3) is 2.44. The van der Waals surface area contributed by atoms with Gasteiger partial charge in [0.25, 0.3) is 0 Å². The standard InChI is InChI=1S/C13H15Cl2N3OS/c1-6-4-18(5-7(2)19-6)11-8(14)3-9-12(10(11)15)20-13(16)17-9/h3,6-7H,4-5H2,1-2H3,(H2,16,17). The number of rotatable bonds is 1. The van der Waals surface area contributed by atoms with Crippen LogP contribution in [0.3, 0.4) is 0 Å². The smallest absolute Gasteiger partial charge is 0.181 e. The lowest BCUT2D eigenvalue weighted by Crippen LogP contribution is -2.45. The molecule has 2 heterocycles. The number of aromatic nitrogens is 1. The van der Waals surface area contributed by atoms with Crippen molar-refractivity contribution in [3.63, 3.8) is 0 Å². The maximum atomic E-state index is 6.54. The maximum absolute atomic E-state index is 6.54. The first-order chi connectivity index (χ1) is 9.45. The Labute approximate surface area is 131 Å². The fourth-order valence-corrected chi connectivity index (χ4v) is 4.20. The Kier molecular flexibility index (Phi) is 3.71. The van der Waals surface area contributed by atoms with Gasteiger partial charge in [-0.15, -0.1) is 0 Å². The molecule has 1 fully saturated rings. The number of anilines is 2. The number of ether oxygens (including phenoxy) is 1. The van der Waals surface area contributed by atoms with Crippen molar-refractivity contribution in [3.05, 3.63) is 16.1 Å². The van der Waals surface area contributed by atoms with E-state index in [2.05, 4.69) is 9.88 Å². The zero-order valence-electron chi connectivity index (χ0n) is 11.2. The van der Waals surface area contributed by atoms with Gasteiger partial charge in [0.15, 0.2) is 5.13 Å². The topological polar surface area (TPSA) is 51.4 Å². The Morgan fingerprint density at radius 1 is 1.35 bits per heavy atom. The van der Waals surface area contributed by atoms with Crippen LogP contribution in [0.15, 0.2) is 6.07 Å². The second kappa shape index (κ2) is 5.22. The van der Waals surface area contributed by atoms with E-state index in [1.807, 2.05) is 19.9 Å². The van der Waals surface area contributed by atoms with Crippen LogP contribution in [-0.4, -0.2) is 30.3 Å². The van der Waals surface area contributed by atoms with Gasteiger partial charge < -0.3 is 15.4 Å². The summed E-state index contributed by atoms with van der Waals surface area (Å²) in [5, 5.41) is 1.73. The van der Waals surface area contributed by atoms with Gasteiger partial charge in [-0.2, -0.15) is 0 Å². The number of nitrogens with two attached hydrogens (primary N) is 1. The molecule has 1 aromatic heterocycles. The van der Waals surface area contributed by atoms with Gasteiger partial charge in [0.1, 0.15) is 0 Å². The van der Waals surface area contributed by atoms with Crippen LogP contribution < -0.4 is 10.6 Å². The van der Waals surface area contributed by atoms with E-state index in [9.17, 15) is 0 Å². The monoisotopic (exact) mass is 331 g/mol. The predicted octanol–water partition coefficient (Wildman–Crippen LogP) is 3.80. The second-order valence-corrected chi connectivity index (χ2v) is 6.90. The molecular formula is C13H15Cl2N3OS. The van der Waals surface area contributed by atoms with Crippen LogP contribution >= 0.6 is 34.5 Å². The van der Waals surface area contributed by atoms with Crippen LogP contribution in [0.4, 0.5) is 10.8 Å². The molecule has 0 radical (unpaired) electrons. The van der Waals surface area contributed by atoms with Crippen LogP contribution in [0.25, 0.3) is 10.2 Å². The van der Waals surface area contributed by atoms with E-state index in [4.69, 9.17) is 33.7 Å². The van der Waals surface area contributed by atoms with Crippen molar-refractivity contribution in [1.29, 1.82) is 0 Å². The lowest BCUT2D eigenvalue weighted by Gasteiger charge is -2.37. The lowest BCUT2D eigenvalue weighted by molar-refractivity contribution is -0.00519. The highest BCUT2D eigenvalue weighted by molar-refractivity contribution is 7.22. The number of hydrogen-bond donors (Lipinski definition) is 1. The zero-order valence-corrected chi connectivity index (χ0v) is 13.5. The highest BCUT2D eigenvalue weighted by Gasteiger charge is 2.27. The molecular weight excluding hydrogens is 317 g/mol. The number of fused-ring (bicyclic) bond motifs is 1. The summed E-state index contributed by atoms with van der Waals surface area (Å²) in [4.78, 5) is 6.41. The van der Waals surface area contributed by atoms with Crippen molar-refractivity contribution in [2.45, 2.75) is 26.1 Å². The summed E-state index contributed by atoms with van der Waals surface area (Å²) in [7, 11) is 0. The first kappa shape index (κ1) is 14.2. The van der Waals surface area contributed by atoms with E-state index in [1.165, 1.54) is 11.3 Å². The zero-order chi connectivity index (χ0) is 14.4. The SMILES string of the molecule is CC1CN(c2c(Cl)cc3nc(N)sc3c2Cl)CC(C)O1. The van der Waals surface area contributed by atoms with Gasteiger partial charge in [0.05, 0.1) is 38.2 Å². The Balaban J connectivity index is 2.10. The van der Waals surface area contributed by atoms with Gasteiger partial charge in [-0.1, -0.05) is 34.5 Å². The minimum Gasteiger partial charge on any atom is -0.375 e. The molecule has 2 atom stereocenters. The molecule has 2 unspecified atom stereocenters. The van der Waals surface area contributed by atoms with Gasteiger partial charge in [-0.05, 0) is 19.9 Å². The molecule has 1 aliphatic heterocycles. The largest absolute Gasteiger partial charge is 0.375 e. The first-order valence-corrected chi connectivity index (χ1v) is 7.97. The van der Waals surface area contributed by atoms with Crippen molar-refractivity contribution >= 4 is 55.6 Å². The molecule has 0 amide bonds. The average molecular weight is 332 g/mol. The fourth-order valence-electron chi connectivity index (χ4n) is 2.66. The van der Waals surface area contributed by atoms with Crippen LogP contribution in [-0.2, 0) is 4.74 Å². The maximum Gasteiger partial charge on any atom is 0.181 e. The van der Waals surface area contributed by atoms with Crippen LogP contribution in [0.2, 0.25) is 10.0 Å². The van der Waals surface area contributed by atoms with Crippen molar-refractivity contribution in [2.75, 3.05) is 23.7 Å². The predicted molar refractivity (Wildman–Crippen MR) is 86.3 cm³/mol. The molecule has 1 aromatic carbocycles. The fraction of sp³-hybridized carbons (Fsp3) is 0.462. The van der Waals surface area contributed by atoms with E-state index < -0.39 is 0 Å². The summed E-state index contributed by atoms with van der Waals surface area (Å²) < 4.78 is 6.64. The molecule has 4 nitrogen and oxygen atoms in total. The summed E-state index contributed by atoms with van der Waals surface area (Å²) in [6.07, 6.45) is 0.293. The number of morpholine rings is 1. The van der Waals surface area contributed by atoms with Gasteiger partial charge in [-0.3, -0.25) is 0 Å². The normalized spacial score (nSPS) is 23.5. The van der Waals surface area contributed by atoms with Crippen LogP contribution in [0.5, 0.6) is 0 Å². The molecule has 1 saturated heterocycles. The molecule has 3 rings (SSSR count). The number of nitrogens with zero attached hydrogens (tertiary/aromatic N) is 2. The molecule has 0 bridgehead atoms. The average Bonchev–Trinajstić information content (AvgIpc) is 2.68. The summed E-state index contributed by atoms with van der Waals surface area (Å²) in [6.45, 7) is 5.63. The summed E-state index contributed by atoms with van der Waals surface area (Å²) in [5.41, 5.74) is 7.36. The summed E-state index contributed by atoms with van der Waals surface area (Å²) in [5.74, 6) is 0. The lowest BCUT2D eigenvalue weighted by atomic mass is 10.2. The molecule has 2 aromatic rings. The number of thiazole rings is 1. The third-order valence-electron chi connectivity index (χ3n) is 3.30. The first-order valence-electron chi connectivity index (χ1n) is 6.40. The molecule has 20 heavy (non-hydrogen) atoms. The van der Waals surface area contributed by atoms with E-state index in [-0.39, 0.29) is 12.2 Å². The minimum absolute atomic E-state index is 0.146. The van der Waals surface area contributed by atoms with E-state index in [1.54, 1.807) is 0 Å². The number of halogens is 2. The number of hydrogen-bond acceptors (Lipinski definition) is 5. The van der Waals surface area contributed by atoms with Crippen LogP contribution in [0, 0.1) is 0 Å². The molecule has 108 valence electrons. The highest BCUT2D eigenvalue weighted by Crippen LogP contribution is 2.43. The van der Waals surface area contributed by atoms with E-state index in [0.29, 0.717) is 15.2 Å². The molecule has 2 N–H and O–H groups in total. The number of benzene rings is 1. The second-order valence-electron chi connectivity index (χ2n) is 5.08. The Bertz CT molecular complexity index is 651. The van der Waals surface area contributed by atoms with E-state index in [0.717, 1.165) is 29.0 Å². The quantitative estimate of drug-likeness (QED) is 0.863. The van der Waals surface area contributed by atoms with Crippen molar-refractivity contribution in [3.8, 4) is 0 Å². The molecule has 7 heteroatoms. The molecule has 0 spiro atoms. The Morgan fingerprint density at radius 2 is 2.00 bits per heavy atom. The van der Waals surface area contributed by atoms with Gasteiger partial charge >= 0.3 is 0 Å². The molecule has 0 aliphatic carbocycles.